The SMILES string of the molecule is CCC(CC1CC1)NCc1ccc2c(c1)NC(=O)CO2. The first-order valence-electron chi connectivity index (χ1n) is 7.53. The Bertz CT molecular complexity index is 497. The summed E-state index contributed by atoms with van der Waals surface area (Å²) in [5.74, 6) is 1.63. The minimum absolute atomic E-state index is 0.0808. The predicted molar refractivity (Wildman–Crippen MR) is 78.8 cm³/mol. The molecule has 2 aliphatic rings. The van der Waals surface area contributed by atoms with Crippen molar-refractivity contribution in [3.8, 4) is 5.75 Å². The molecule has 1 heterocycles. The highest BCUT2D eigenvalue weighted by atomic mass is 16.5. The average molecular weight is 274 g/mol. The lowest BCUT2D eigenvalue weighted by Crippen LogP contribution is -2.29. The number of hydrogen-bond acceptors (Lipinski definition) is 3. The van der Waals surface area contributed by atoms with Crippen molar-refractivity contribution in [2.75, 3.05) is 11.9 Å². The van der Waals surface area contributed by atoms with E-state index in [1.807, 2.05) is 12.1 Å². The number of amides is 1. The molecular weight excluding hydrogens is 252 g/mol. The predicted octanol–water partition coefficient (Wildman–Crippen LogP) is 2.69. The normalized spacial score (nSPS) is 18.9. The van der Waals surface area contributed by atoms with Crippen molar-refractivity contribution in [1.29, 1.82) is 0 Å². The maximum atomic E-state index is 11.3. The van der Waals surface area contributed by atoms with Crippen molar-refractivity contribution in [2.45, 2.75) is 45.2 Å². The summed E-state index contributed by atoms with van der Waals surface area (Å²) >= 11 is 0. The lowest BCUT2D eigenvalue weighted by Gasteiger charge is -2.20. The molecule has 1 aliphatic carbocycles. The lowest BCUT2D eigenvalue weighted by molar-refractivity contribution is -0.118. The van der Waals surface area contributed by atoms with Gasteiger partial charge in [-0.1, -0.05) is 25.8 Å². The van der Waals surface area contributed by atoms with Crippen LogP contribution in [0, 0.1) is 5.92 Å². The highest BCUT2D eigenvalue weighted by Crippen LogP contribution is 2.34. The maximum absolute atomic E-state index is 11.3. The molecule has 1 saturated carbocycles. The lowest BCUT2D eigenvalue weighted by atomic mass is 10.1. The van der Waals surface area contributed by atoms with Crippen LogP contribution in [-0.4, -0.2) is 18.6 Å². The van der Waals surface area contributed by atoms with E-state index in [4.69, 9.17) is 4.74 Å². The summed E-state index contributed by atoms with van der Waals surface area (Å²) in [5, 5.41) is 6.47. The molecule has 0 bridgehead atoms. The summed E-state index contributed by atoms with van der Waals surface area (Å²) in [7, 11) is 0. The average Bonchev–Trinajstić information content (AvgIpc) is 3.26. The Morgan fingerprint density at radius 3 is 3.05 bits per heavy atom. The van der Waals surface area contributed by atoms with Crippen LogP contribution in [0.5, 0.6) is 5.75 Å². The molecule has 0 radical (unpaired) electrons. The fourth-order valence-electron chi connectivity index (χ4n) is 2.65. The van der Waals surface area contributed by atoms with Crippen LogP contribution in [0.2, 0.25) is 0 Å². The van der Waals surface area contributed by atoms with E-state index in [9.17, 15) is 4.79 Å². The molecule has 1 aromatic carbocycles. The topological polar surface area (TPSA) is 50.4 Å². The fourth-order valence-corrected chi connectivity index (χ4v) is 2.65. The third kappa shape index (κ3) is 3.31. The summed E-state index contributed by atoms with van der Waals surface area (Å²) in [6.45, 7) is 3.19. The van der Waals surface area contributed by atoms with Gasteiger partial charge in [0.2, 0.25) is 0 Å². The van der Waals surface area contributed by atoms with Crippen LogP contribution >= 0.6 is 0 Å². The third-order valence-electron chi connectivity index (χ3n) is 4.08. The Balaban J connectivity index is 1.59. The number of benzene rings is 1. The molecule has 0 saturated heterocycles. The fraction of sp³-hybridized carbons (Fsp3) is 0.562. The summed E-state index contributed by atoms with van der Waals surface area (Å²) in [6.07, 6.45) is 5.27. The van der Waals surface area contributed by atoms with Gasteiger partial charge < -0.3 is 15.4 Å². The van der Waals surface area contributed by atoms with Gasteiger partial charge in [-0.3, -0.25) is 4.79 Å². The number of nitrogens with one attached hydrogen (secondary N) is 2. The molecule has 1 fully saturated rings. The summed E-state index contributed by atoms with van der Waals surface area (Å²) in [6, 6.07) is 6.61. The van der Waals surface area contributed by atoms with Gasteiger partial charge in [0.1, 0.15) is 5.75 Å². The second kappa shape index (κ2) is 5.83. The molecule has 1 atom stereocenters. The molecule has 1 unspecified atom stereocenters. The Morgan fingerprint density at radius 2 is 2.30 bits per heavy atom. The van der Waals surface area contributed by atoms with E-state index < -0.39 is 0 Å². The minimum atomic E-state index is -0.0808. The maximum Gasteiger partial charge on any atom is 0.262 e. The van der Waals surface area contributed by atoms with Crippen LogP contribution in [0.25, 0.3) is 0 Å². The Kier molecular flexibility index (Phi) is 3.92. The van der Waals surface area contributed by atoms with Crippen LogP contribution in [-0.2, 0) is 11.3 Å². The van der Waals surface area contributed by atoms with E-state index in [-0.39, 0.29) is 12.5 Å². The van der Waals surface area contributed by atoms with E-state index in [2.05, 4.69) is 23.6 Å². The van der Waals surface area contributed by atoms with Gasteiger partial charge in [-0.15, -0.1) is 0 Å². The van der Waals surface area contributed by atoms with E-state index in [0.717, 1.165) is 23.9 Å². The molecule has 0 aromatic heterocycles. The highest BCUT2D eigenvalue weighted by molar-refractivity contribution is 5.95. The number of rotatable bonds is 6. The van der Waals surface area contributed by atoms with Crippen molar-refractivity contribution in [3.63, 3.8) is 0 Å². The molecular formula is C16H22N2O2. The molecule has 4 nitrogen and oxygen atoms in total. The highest BCUT2D eigenvalue weighted by Gasteiger charge is 2.24. The van der Waals surface area contributed by atoms with Gasteiger partial charge in [0, 0.05) is 12.6 Å². The Labute approximate surface area is 119 Å². The van der Waals surface area contributed by atoms with Gasteiger partial charge in [0.15, 0.2) is 6.61 Å². The molecule has 108 valence electrons. The summed E-state index contributed by atoms with van der Waals surface area (Å²) in [4.78, 5) is 11.3. The monoisotopic (exact) mass is 274 g/mol. The largest absolute Gasteiger partial charge is 0.482 e. The van der Waals surface area contributed by atoms with Crippen molar-refractivity contribution >= 4 is 11.6 Å². The molecule has 1 aliphatic heterocycles. The van der Waals surface area contributed by atoms with Crippen LogP contribution in [0.3, 0.4) is 0 Å². The Morgan fingerprint density at radius 1 is 1.45 bits per heavy atom. The molecule has 3 rings (SSSR count). The quantitative estimate of drug-likeness (QED) is 0.838. The van der Waals surface area contributed by atoms with E-state index in [1.165, 1.54) is 31.2 Å². The number of anilines is 1. The molecule has 20 heavy (non-hydrogen) atoms. The first-order valence-corrected chi connectivity index (χ1v) is 7.53. The molecule has 1 aromatic rings. The van der Waals surface area contributed by atoms with Crippen molar-refractivity contribution < 1.29 is 9.53 Å². The van der Waals surface area contributed by atoms with Crippen molar-refractivity contribution in [1.82, 2.24) is 5.32 Å². The molecule has 2 N–H and O–H groups in total. The summed E-state index contributed by atoms with van der Waals surface area (Å²) in [5.41, 5.74) is 1.97. The first-order chi connectivity index (χ1) is 9.74. The smallest absolute Gasteiger partial charge is 0.262 e. The van der Waals surface area contributed by atoms with Gasteiger partial charge in [0.05, 0.1) is 5.69 Å². The molecule has 4 heteroatoms. The number of fused-ring (bicyclic) bond motifs is 1. The van der Waals surface area contributed by atoms with E-state index in [0.29, 0.717) is 6.04 Å². The van der Waals surface area contributed by atoms with Crippen LogP contribution < -0.4 is 15.4 Å². The molecule has 1 amide bonds. The second-order valence-electron chi connectivity index (χ2n) is 5.83. The number of carbonyl (C=O) groups excluding carboxylic acids is 1. The van der Waals surface area contributed by atoms with Gasteiger partial charge in [-0.05, 0) is 36.5 Å². The zero-order valence-electron chi connectivity index (χ0n) is 11.9. The summed E-state index contributed by atoms with van der Waals surface area (Å²) < 4.78 is 5.37. The van der Waals surface area contributed by atoms with Gasteiger partial charge >= 0.3 is 0 Å². The van der Waals surface area contributed by atoms with Crippen LogP contribution in [0.15, 0.2) is 18.2 Å². The number of ether oxygens (including phenoxy) is 1. The number of hydrogen-bond donors (Lipinski definition) is 2. The van der Waals surface area contributed by atoms with Gasteiger partial charge in [0.25, 0.3) is 5.91 Å². The minimum Gasteiger partial charge on any atom is -0.482 e. The standard InChI is InChI=1S/C16H22N2O2/c1-2-13(7-11-3-4-11)17-9-12-5-6-15-14(8-12)18-16(19)10-20-15/h5-6,8,11,13,17H,2-4,7,9-10H2,1H3,(H,18,19). The van der Waals surface area contributed by atoms with Crippen molar-refractivity contribution in [3.05, 3.63) is 23.8 Å². The van der Waals surface area contributed by atoms with Crippen molar-refractivity contribution in [2.24, 2.45) is 5.92 Å². The first kappa shape index (κ1) is 13.4. The zero-order chi connectivity index (χ0) is 13.9. The second-order valence-corrected chi connectivity index (χ2v) is 5.83. The van der Waals surface area contributed by atoms with Crippen LogP contribution in [0.4, 0.5) is 5.69 Å². The van der Waals surface area contributed by atoms with Gasteiger partial charge in [-0.2, -0.15) is 0 Å². The zero-order valence-corrected chi connectivity index (χ0v) is 11.9. The van der Waals surface area contributed by atoms with Crippen LogP contribution in [0.1, 0.15) is 38.2 Å². The Hall–Kier alpha value is -1.55. The number of carbonyl (C=O) groups is 1. The third-order valence-corrected chi connectivity index (χ3v) is 4.08. The van der Waals surface area contributed by atoms with Gasteiger partial charge in [-0.25, -0.2) is 0 Å². The molecule has 0 spiro atoms. The van der Waals surface area contributed by atoms with E-state index in [1.54, 1.807) is 0 Å². The van der Waals surface area contributed by atoms with E-state index >= 15 is 0 Å².